The van der Waals surface area contributed by atoms with Crippen molar-refractivity contribution in [3.63, 3.8) is 0 Å². The van der Waals surface area contributed by atoms with Crippen molar-refractivity contribution in [1.82, 2.24) is 29.5 Å². The highest BCUT2D eigenvalue weighted by Crippen LogP contribution is 2.16. The van der Waals surface area contributed by atoms with Gasteiger partial charge in [-0.15, -0.1) is 0 Å². The Morgan fingerprint density at radius 3 is 2.56 bits per heavy atom. The summed E-state index contributed by atoms with van der Waals surface area (Å²) in [6.07, 6.45) is 3.88. The van der Waals surface area contributed by atoms with Gasteiger partial charge in [-0.25, -0.2) is 28.7 Å². The number of nitrogens with one attached hydrogen (secondary N) is 2. The number of aromatic amines is 1. The van der Waals surface area contributed by atoms with Crippen molar-refractivity contribution in [2.24, 2.45) is 0 Å². The number of H-pyrrole nitrogens is 1. The number of aryl methyl sites for hydroxylation is 2. The lowest BCUT2D eigenvalue weighted by Gasteiger charge is -2.07. The number of imidazole rings is 1. The number of hydrogen-bond donors (Lipinski definition) is 2. The summed E-state index contributed by atoms with van der Waals surface area (Å²) < 4.78 is 22.0. The van der Waals surface area contributed by atoms with E-state index in [1.54, 1.807) is 26.2 Å². The predicted molar refractivity (Wildman–Crippen MR) is 93.0 cm³/mol. The zero-order valence-corrected chi connectivity index (χ0v) is 15.1. The Bertz CT molecular complexity index is 1080. The largest absolute Gasteiger partial charge is 0.328 e. The number of aromatic nitrogens is 6. The van der Waals surface area contributed by atoms with Gasteiger partial charge in [-0.3, -0.25) is 4.57 Å². The van der Waals surface area contributed by atoms with E-state index in [9.17, 15) is 9.00 Å². The zero-order valence-electron chi connectivity index (χ0n) is 14.2. The van der Waals surface area contributed by atoms with E-state index in [4.69, 9.17) is 4.78 Å². The van der Waals surface area contributed by atoms with Crippen LogP contribution < -0.4 is 5.69 Å². The van der Waals surface area contributed by atoms with Gasteiger partial charge in [0.05, 0.1) is 12.2 Å². The highest BCUT2D eigenvalue weighted by Gasteiger charge is 2.19. The third kappa shape index (κ3) is 3.29. The van der Waals surface area contributed by atoms with E-state index in [2.05, 4.69) is 24.9 Å². The van der Waals surface area contributed by atoms with E-state index in [-0.39, 0.29) is 23.1 Å². The molecule has 2 N–H and O–H groups in total. The Kier molecular flexibility index (Phi) is 4.38. The van der Waals surface area contributed by atoms with Crippen LogP contribution in [0.2, 0.25) is 0 Å². The molecule has 3 rings (SSSR count). The van der Waals surface area contributed by atoms with Crippen molar-refractivity contribution in [3.05, 3.63) is 40.0 Å². The van der Waals surface area contributed by atoms with Crippen LogP contribution in [0.1, 0.15) is 30.4 Å². The second-order valence-corrected chi connectivity index (χ2v) is 7.95. The molecular weight excluding hydrogens is 342 g/mol. The molecule has 0 aliphatic carbocycles. The molecule has 1 atom stereocenters. The van der Waals surface area contributed by atoms with Crippen LogP contribution in [0.3, 0.4) is 0 Å². The lowest BCUT2D eigenvalue weighted by atomic mass is 10.3. The SMILES string of the molecule is CCCS(=N)(=O)c1nc(C)c2[nH]c(=O)n(Cc3cnc(C)nc3)c2n1. The van der Waals surface area contributed by atoms with Crippen LogP contribution in [0.15, 0.2) is 22.3 Å². The van der Waals surface area contributed by atoms with Gasteiger partial charge in [0.15, 0.2) is 5.65 Å². The molecule has 0 amide bonds. The van der Waals surface area contributed by atoms with E-state index in [0.29, 0.717) is 29.1 Å². The maximum Gasteiger partial charge on any atom is 0.328 e. The third-order valence-electron chi connectivity index (χ3n) is 3.74. The van der Waals surface area contributed by atoms with Gasteiger partial charge in [0.1, 0.15) is 21.1 Å². The maximum atomic E-state index is 12.5. The molecule has 25 heavy (non-hydrogen) atoms. The lowest BCUT2D eigenvalue weighted by Crippen LogP contribution is -2.18. The standard InChI is InChI=1S/C15H19N7O2S/c1-4-5-25(16,24)14-19-9(2)12-13(21-14)22(15(23)20-12)8-11-6-17-10(3)18-7-11/h6-7,16H,4-5,8H2,1-3H3,(H,20,23). The van der Waals surface area contributed by atoms with E-state index < -0.39 is 9.73 Å². The van der Waals surface area contributed by atoms with Gasteiger partial charge >= 0.3 is 5.69 Å². The molecule has 0 fully saturated rings. The highest BCUT2D eigenvalue weighted by atomic mass is 32.2. The molecule has 0 bridgehead atoms. The molecule has 3 aromatic heterocycles. The van der Waals surface area contributed by atoms with Crippen molar-refractivity contribution in [3.8, 4) is 0 Å². The monoisotopic (exact) mass is 361 g/mol. The molecule has 0 radical (unpaired) electrons. The molecule has 0 spiro atoms. The summed E-state index contributed by atoms with van der Waals surface area (Å²) in [6.45, 7) is 5.55. The van der Waals surface area contributed by atoms with Crippen molar-refractivity contribution in [2.75, 3.05) is 5.75 Å². The van der Waals surface area contributed by atoms with Crippen molar-refractivity contribution >= 4 is 20.9 Å². The first kappa shape index (κ1) is 17.2. The average molecular weight is 361 g/mol. The summed E-state index contributed by atoms with van der Waals surface area (Å²) in [5.41, 5.74) is 1.70. The summed E-state index contributed by atoms with van der Waals surface area (Å²) in [5.74, 6) is 0.822. The first-order chi connectivity index (χ1) is 11.8. The Morgan fingerprint density at radius 1 is 1.24 bits per heavy atom. The van der Waals surface area contributed by atoms with E-state index >= 15 is 0 Å². The summed E-state index contributed by atoms with van der Waals surface area (Å²) in [6, 6.07) is 0. The molecule has 0 aliphatic heterocycles. The first-order valence-corrected chi connectivity index (χ1v) is 9.55. The van der Waals surface area contributed by atoms with E-state index in [0.717, 1.165) is 5.56 Å². The Hall–Kier alpha value is -2.62. The first-order valence-electron chi connectivity index (χ1n) is 7.83. The fourth-order valence-electron chi connectivity index (χ4n) is 2.50. The van der Waals surface area contributed by atoms with Crippen molar-refractivity contribution < 1.29 is 4.21 Å². The van der Waals surface area contributed by atoms with Gasteiger partial charge in [0.2, 0.25) is 5.16 Å². The van der Waals surface area contributed by atoms with Crippen LogP contribution in [0.25, 0.3) is 11.2 Å². The summed E-state index contributed by atoms with van der Waals surface area (Å²) in [5, 5.41) is -0.0349. The number of fused-ring (bicyclic) bond motifs is 1. The molecule has 0 aromatic carbocycles. The Balaban J connectivity index is 2.15. The van der Waals surface area contributed by atoms with Gasteiger partial charge in [-0.1, -0.05) is 6.92 Å². The van der Waals surface area contributed by atoms with Crippen LogP contribution in [0, 0.1) is 18.6 Å². The predicted octanol–water partition coefficient (Wildman–Crippen LogP) is 1.39. The molecule has 3 aromatic rings. The minimum atomic E-state index is -3.09. The van der Waals surface area contributed by atoms with Crippen LogP contribution in [0.4, 0.5) is 0 Å². The van der Waals surface area contributed by atoms with E-state index in [1.807, 2.05) is 6.92 Å². The minimum Gasteiger partial charge on any atom is -0.303 e. The maximum absolute atomic E-state index is 12.5. The van der Waals surface area contributed by atoms with Crippen LogP contribution in [-0.4, -0.2) is 39.4 Å². The smallest absolute Gasteiger partial charge is 0.303 e. The van der Waals surface area contributed by atoms with Gasteiger partial charge in [-0.2, -0.15) is 4.98 Å². The Labute approximate surface area is 144 Å². The molecule has 0 aliphatic rings. The quantitative estimate of drug-likeness (QED) is 0.660. The second kappa shape index (κ2) is 6.36. The van der Waals surface area contributed by atoms with Crippen molar-refractivity contribution in [2.45, 2.75) is 38.9 Å². The topological polar surface area (TPSA) is 130 Å². The van der Waals surface area contributed by atoms with Crippen LogP contribution in [-0.2, 0) is 16.3 Å². The molecule has 10 heteroatoms. The number of nitrogens with zero attached hydrogens (tertiary/aromatic N) is 5. The zero-order chi connectivity index (χ0) is 18.2. The normalized spacial score (nSPS) is 13.9. The molecule has 132 valence electrons. The summed E-state index contributed by atoms with van der Waals surface area (Å²) in [7, 11) is -3.09. The second-order valence-electron chi connectivity index (χ2n) is 5.82. The number of rotatable bonds is 5. The fourth-order valence-corrected chi connectivity index (χ4v) is 3.78. The molecule has 0 saturated carbocycles. The molecule has 3 heterocycles. The minimum absolute atomic E-state index is 0.0349. The molecular formula is C15H19N7O2S. The highest BCUT2D eigenvalue weighted by molar-refractivity contribution is 7.92. The van der Waals surface area contributed by atoms with Gasteiger partial charge in [0, 0.05) is 23.7 Å². The van der Waals surface area contributed by atoms with Gasteiger partial charge in [-0.05, 0) is 20.3 Å². The number of hydrogen-bond acceptors (Lipinski definition) is 7. The van der Waals surface area contributed by atoms with E-state index in [1.165, 1.54) is 4.57 Å². The summed E-state index contributed by atoms with van der Waals surface area (Å²) >= 11 is 0. The Morgan fingerprint density at radius 2 is 1.92 bits per heavy atom. The van der Waals surface area contributed by atoms with Gasteiger partial charge in [0.25, 0.3) is 0 Å². The van der Waals surface area contributed by atoms with Crippen LogP contribution in [0.5, 0.6) is 0 Å². The molecule has 9 nitrogen and oxygen atoms in total. The third-order valence-corrected chi connectivity index (χ3v) is 5.50. The van der Waals surface area contributed by atoms with Crippen LogP contribution >= 0.6 is 0 Å². The average Bonchev–Trinajstić information content (AvgIpc) is 2.86. The van der Waals surface area contributed by atoms with Crippen molar-refractivity contribution in [1.29, 1.82) is 4.78 Å². The summed E-state index contributed by atoms with van der Waals surface area (Å²) in [4.78, 5) is 31.8. The van der Waals surface area contributed by atoms with Gasteiger partial charge < -0.3 is 4.98 Å². The molecule has 1 unspecified atom stereocenters. The lowest BCUT2D eigenvalue weighted by molar-refractivity contribution is 0.663. The molecule has 0 saturated heterocycles. The fraction of sp³-hybridized carbons (Fsp3) is 0.400.